The van der Waals surface area contributed by atoms with Gasteiger partial charge in [0.25, 0.3) is 0 Å². The largest absolute Gasteiger partial charge is 0.378 e. The van der Waals surface area contributed by atoms with Crippen LogP contribution in [0.25, 0.3) is 0 Å². The van der Waals surface area contributed by atoms with Crippen LogP contribution >= 0.6 is 0 Å². The molecule has 0 amide bonds. The smallest absolute Gasteiger partial charge is 0.0762 e. The average Bonchev–Trinajstić information content (AvgIpc) is 3.08. The van der Waals surface area contributed by atoms with Crippen LogP contribution in [0.4, 0.5) is 0 Å². The van der Waals surface area contributed by atoms with E-state index < -0.39 is 0 Å². The summed E-state index contributed by atoms with van der Waals surface area (Å²) in [6.07, 6.45) is 8.45. The second-order valence-electron chi connectivity index (χ2n) is 5.36. The van der Waals surface area contributed by atoms with Crippen molar-refractivity contribution in [2.24, 2.45) is 0 Å². The Labute approximate surface area is 116 Å². The van der Waals surface area contributed by atoms with E-state index in [0.29, 0.717) is 12.1 Å². The molecule has 1 atom stereocenters. The van der Waals surface area contributed by atoms with Crippen molar-refractivity contribution >= 4 is 0 Å². The zero-order valence-electron chi connectivity index (χ0n) is 12.3. The lowest BCUT2D eigenvalue weighted by atomic mass is 10.2. The minimum absolute atomic E-state index is 0.481. The quantitative estimate of drug-likeness (QED) is 0.735. The summed E-state index contributed by atoms with van der Waals surface area (Å²) in [6, 6.07) is 2.66. The van der Waals surface area contributed by atoms with Gasteiger partial charge in [-0.25, -0.2) is 0 Å². The molecule has 4 nitrogen and oxygen atoms in total. The Hall–Kier alpha value is -0.870. The first-order valence-corrected chi connectivity index (χ1v) is 7.69. The highest BCUT2D eigenvalue weighted by Crippen LogP contribution is 2.15. The van der Waals surface area contributed by atoms with Gasteiger partial charge in [0.2, 0.25) is 0 Å². The molecule has 4 heteroatoms. The molecule has 1 unspecified atom stereocenters. The second kappa shape index (κ2) is 7.65. The molecule has 0 saturated carbocycles. The van der Waals surface area contributed by atoms with Crippen LogP contribution in [0, 0.1) is 0 Å². The van der Waals surface area contributed by atoms with E-state index >= 15 is 0 Å². The number of aromatic nitrogens is 2. The van der Waals surface area contributed by atoms with Gasteiger partial charge in [-0.05, 0) is 44.7 Å². The lowest BCUT2D eigenvalue weighted by Crippen LogP contribution is -2.20. The van der Waals surface area contributed by atoms with Gasteiger partial charge in [0, 0.05) is 19.3 Å². The normalized spacial score (nSPS) is 19.4. The first kappa shape index (κ1) is 14.5. The third-order valence-electron chi connectivity index (χ3n) is 3.95. The molecule has 0 aromatic carbocycles. The highest BCUT2D eigenvalue weighted by atomic mass is 16.5. The van der Waals surface area contributed by atoms with E-state index in [1.54, 1.807) is 0 Å². The van der Waals surface area contributed by atoms with Gasteiger partial charge in [0.15, 0.2) is 0 Å². The summed E-state index contributed by atoms with van der Waals surface area (Å²) in [7, 11) is 0. The summed E-state index contributed by atoms with van der Waals surface area (Å²) < 4.78 is 7.72. The molecular weight excluding hydrogens is 238 g/mol. The molecule has 1 aliphatic rings. The number of nitrogens with zero attached hydrogens (tertiary/aromatic N) is 2. The molecule has 1 aromatic heterocycles. The third kappa shape index (κ3) is 4.32. The summed E-state index contributed by atoms with van der Waals surface area (Å²) in [4.78, 5) is 0. The molecular formula is C15H27N3O. The van der Waals surface area contributed by atoms with Gasteiger partial charge in [-0.1, -0.05) is 13.8 Å². The van der Waals surface area contributed by atoms with Crippen molar-refractivity contribution in [2.45, 2.75) is 64.6 Å². The summed E-state index contributed by atoms with van der Waals surface area (Å²) in [6.45, 7) is 7.26. The minimum Gasteiger partial charge on any atom is -0.378 e. The van der Waals surface area contributed by atoms with Gasteiger partial charge < -0.3 is 10.1 Å². The summed E-state index contributed by atoms with van der Waals surface area (Å²) in [5.74, 6) is 0. The number of ether oxygens (including phenoxy) is 1. The van der Waals surface area contributed by atoms with Gasteiger partial charge in [-0.3, -0.25) is 4.68 Å². The van der Waals surface area contributed by atoms with E-state index in [1.165, 1.54) is 12.8 Å². The van der Waals surface area contributed by atoms with Gasteiger partial charge in [0.1, 0.15) is 0 Å². The van der Waals surface area contributed by atoms with Gasteiger partial charge >= 0.3 is 0 Å². The van der Waals surface area contributed by atoms with Crippen molar-refractivity contribution < 1.29 is 4.74 Å². The molecule has 2 heterocycles. The number of hydrogen-bond acceptors (Lipinski definition) is 3. The van der Waals surface area contributed by atoms with Gasteiger partial charge in [0.05, 0.1) is 17.8 Å². The molecule has 1 fully saturated rings. The molecule has 19 heavy (non-hydrogen) atoms. The van der Waals surface area contributed by atoms with E-state index in [9.17, 15) is 0 Å². The van der Waals surface area contributed by atoms with Crippen LogP contribution in [0.15, 0.2) is 12.3 Å². The summed E-state index contributed by atoms with van der Waals surface area (Å²) >= 11 is 0. The van der Waals surface area contributed by atoms with Gasteiger partial charge in [-0.15, -0.1) is 0 Å². The van der Waals surface area contributed by atoms with E-state index in [2.05, 4.69) is 41.2 Å². The fourth-order valence-corrected chi connectivity index (χ4v) is 2.69. The number of rotatable bonds is 8. The van der Waals surface area contributed by atoms with Crippen molar-refractivity contribution in [1.82, 2.24) is 15.1 Å². The van der Waals surface area contributed by atoms with Gasteiger partial charge in [-0.2, -0.15) is 5.10 Å². The molecule has 1 aliphatic heterocycles. The zero-order valence-corrected chi connectivity index (χ0v) is 12.3. The summed E-state index contributed by atoms with van der Waals surface area (Å²) in [5, 5.41) is 8.11. The Morgan fingerprint density at radius 2 is 2.32 bits per heavy atom. The van der Waals surface area contributed by atoms with Crippen molar-refractivity contribution in [3.05, 3.63) is 18.0 Å². The van der Waals surface area contributed by atoms with Crippen LogP contribution in [0.2, 0.25) is 0 Å². The maximum atomic E-state index is 5.61. The standard InChI is InChI=1S/C15H27N3O/c1-3-14(4-2)18-10-8-13(17-18)12-16-9-7-15-6-5-11-19-15/h8,10,14-16H,3-7,9,11-12H2,1-2H3. The van der Waals surface area contributed by atoms with Crippen LogP contribution in [-0.4, -0.2) is 29.0 Å². The Balaban J connectivity index is 1.68. The van der Waals surface area contributed by atoms with Crippen LogP contribution in [0.1, 0.15) is 57.7 Å². The van der Waals surface area contributed by atoms with E-state index in [4.69, 9.17) is 4.74 Å². The van der Waals surface area contributed by atoms with E-state index in [0.717, 1.165) is 44.7 Å². The topological polar surface area (TPSA) is 39.1 Å². The van der Waals surface area contributed by atoms with E-state index in [1.807, 2.05) is 0 Å². The minimum atomic E-state index is 0.481. The zero-order chi connectivity index (χ0) is 13.5. The van der Waals surface area contributed by atoms with Crippen molar-refractivity contribution in [3.8, 4) is 0 Å². The lowest BCUT2D eigenvalue weighted by molar-refractivity contribution is 0.104. The molecule has 1 saturated heterocycles. The maximum absolute atomic E-state index is 5.61. The summed E-state index contributed by atoms with van der Waals surface area (Å²) in [5.41, 5.74) is 1.14. The average molecular weight is 265 g/mol. The first-order chi connectivity index (χ1) is 9.33. The third-order valence-corrected chi connectivity index (χ3v) is 3.95. The fourth-order valence-electron chi connectivity index (χ4n) is 2.69. The Morgan fingerprint density at radius 3 is 3.00 bits per heavy atom. The lowest BCUT2D eigenvalue weighted by Gasteiger charge is -2.12. The Bertz CT molecular complexity index is 354. The SMILES string of the molecule is CCC(CC)n1ccc(CNCCC2CCCO2)n1. The fraction of sp³-hybridized carbons (Fsp3) is 0.800. The molecule has 0 aliphatic carbocycles. The molecule has 1 N–H and O–H groups in total. The van der Waals surface area contributed by atoms with Crippen LogP contribution in [0.5, 0.6) is 0 Å². The van der Waals surface area contributed by atoms with Crippen LogP contribution in [0.3, 0.4) is 0 Å². The molecule has 0 spiro atoms. The van der Waals surface area contributed by atoms with Crippen molar-refractivity contribution in [1.29, 1.82) is 0 Å². The number of nitrogens with one attached hydrogen (secondary N) is 1. The molecule has 108 valence electrons. The molecule has 1 aromatic rings. The Kier molecular flexibility index (Phi) is 5.86. The first-order valence-electron chi connectivity index (χ1n) is 7.69. The molecule has 0 radical (unpaired) electrons. The predicted molar refractivity (Wildman–Crippen MR) is 77.1 cm³/mol. The Morgan fingerprint density at radius 1 is 1.47 bits per heavy atom. The molecule has 0 bridgehead atoms. The van der Waals surface area contributed by atoms with Crippen LogP contribution in [-0.2, 0) is 11.3 Å². The van der Waals surface area contributed by atoms with Crippen molar-refractivity contribution in [3.63, 3.8) is 0 Å². The maximum Gasteiger partial charge on any atom is 0.0762 e. The monoisotopic (exact) mass is 265 g/mol. The number of hydrogen-bond donors (Lipinski definition) is 1. The van der Waals surface area contributed by atoms with Crippen molar-refractivity contribution in [2.75, 3.05) is 13.2 Å². The predicted octanol–water partition coefficient (Wildman–Crippen LogP) is 2.90. The second-order valence-corrected chi connectivity index (χ2v) is 5.36. The highest BCUT2D eigenvalue weighted by Gasteiger charge is 2.14. The van der Waals surface area contributed by atoms with Crippen LogP contribution < -0.4 is 5.32 Å². The van der Waals surface area contributed by atoms with E-state index in [-0.39, 0.29) is 0 Å². The molecule has 2 rings (SSSR count). The highest BCUT2D eigenvalue weighted by molar-refractivity contribution is 4.99.